The van der Waals surface area contributed by atoms with E-state index in [-0.39, 0.29) is 19.4 Å². The molecular weight excluding hydrogens is 642 g/mol. The summed E-state index contributed by atoms with van der Waals surface area (Å²) in [5, 5.41) is 19.8. The summed E-state index contributed by atoms with van der Waals surface area (Å²) in [6.45, 7) is 0.505. The minimum absolute atomic E-state index is 0.00451. The lowest BCUT2D eigenvalue weighted by atomic mass is 10.0. The van der Waals surface area contributed by atoms with Gasteiger partial charge >= 0.3 is 5.97 Å². The minimum atomic E-state index is -1.49. The molecule has 3 aliphatic heterocycles. The normalized spacial score (nSPS) is 25.1. The lowest BCUT2D eigenvalue weighted by molar-refractivity contribution is -0.149. The van der Waals surface area contributed by atoms with Gasteiger partial charge in [-0.2, -0.15) is 0 Å². The van der Waals surface area contributed by atoms with Crippen molar-refractivity contribution in [2.45, 2.75) is 75.2 Å². The molecule has 6 N–H and O–H groups in total. The van der Waals surface area contributed by atoms with Gasteiger partial charge in [-0.3, -0.25) is 28.8 Å². The number of fused-ring (bicyclic) bond motifs is 4. The molecule has 0 unspecified atom stereocenters. The predicted octanol–water partition coefficient (Wildman–Crippen LogP) is 1.36. The average molecular weight is 682 g/mol. The van der Waals surface area contributed by atoms with E-state index in [2.05, 4.69) is 25.9 Å². The molecule has 5 atom stereocenters. The molecule has 0 aliphatic carbocycles. The summed E-state index contributed by atoms with van der Waals surface area (Å²) in [6, 6.07) is 9.39. The zero-order chi connectivity index (χ0) is 34.9. The quantitative estimate of drug-likeness (QED) is 0.177. The summed E-state index contributed by atoms with van der Waals surface area (Å²) in [7, 11) is 0. The number of H-pyrrole nitrogens is 2. The summed E-state index contributed by atoms with van der Waals surface area (Å²) in [5.41, 5.74) is 3.15. The average Bonchev–Trinajstić information content (AvgIpc) is 3.93. The van der Waals surface area contributed by atoms with Crippen LogP contribution in [-0.4, -0.2) is 104 Å². The Morgan fingerprint density at radius 2 is 1.12 bits per heavy atom. The van der Waals surface area contributed by atoms with Crippen molar-refractivity contribution in [3.63, 3.8) is 0 Å². The number of nitrogens with one attached hydrogen (secondary N) is 5. The molecule has 14 heteroatoms. The lowest BCUT2D eigenvalue weighted by Gasteiger charge is -2.32. The predicted molar refractivity (Wildman–Crippen MR) is 182 cm³/mol. The summed E-state index contributed by atoms with van der Waals surface area (Å²) >= 11 is 0. The number of amides is 5. The first kappa shape index (κ1) is 32.9. The fourth-order valence-corrected chi connectivity index (χ4v) is 7.63. The highest BCUT2D eigenvalue weighted by Gasteiger charge is 2.45. The first-order valence-electron chi connectivity index (χ1n) is 17.0. The number of aromatic nitrogens is 2. The topological polar surface area (TPSA) is 197 Å². The fourth-order valence-electron chi connectivity index (χ4n) is 7.63. The number of benzene rings is 2. The van der Waals surface area contributed by atoms with Crippen molar-refractivity contribution < 1.29 is 33.9 Å². The smallest absolute Gasteiger partial charge is 0.305 e. The molecule has 4 aromatic rings. The standard InChI is InChI=1S/C36H39N7O7/c44-31(45)17-28-35(49)43-14-6-12-30(43)36(50)42-13-5-11-29(42)34(48)40-27(16-21-19-38-25-10-4-2-8-23(21)25)32(46)39-26(33(47)41-28)15-20-18-37-24-9-3-1-7-22(20)24/h1-4,7-10,18-19,26-30,37-38H,5-6,11-17H2,(H,39,46)(H,40,48)(H,41,47)(H,44,45)/t26-,27+,28-,29-,30+/m1/s1. The van der Waals surface area contributed by atoms with Crippen LogP contribution in [0.2, 0.25) is 0 Å². The highest BCUT2D eigenvalue weighted by molar-refractivity contribution is 6.00. The van der Waals surface area contributed by atoms with Crippen molar-refractivity contribution in [2.24, 2.45) is 0 Å². The molecule has 5 amide bonds. The van der Waals surface area contributed by atoms with E-state index >= 15 is 0 Å². The van der Waals surface area contributed by atoms with Gasteiger partial charge in [0.25, 0.3) is 0 Å². The largest absolute Gasteiger partial charge is 0.481 e. The van der Waals surface area contributed by atoms with Gasteiger partial charge in [0, 0.05) is 60.1 Å². The third-order valence-electron chi connectivity index (χ3n) is 10.1. The second-order valence-electron chi connectivity index (χ2n) is 13.3. The first-order valence-corrected chi connectivity index (χ1v) is 17.0. The van der Waals surface area contributed by atoms with Crippen molar-refractivity contribution in [3.05, 3.63) is 72.1 Å². The van der Waals surface area contributed by atoms with Gasteiger partial charge in [0.1, 0.15) is 30.2 Å². The first-order chi connectivity index (χ1) is 24.2. The maximum atomic E-state index is 14.3. The van der Waals surface area contributed by atoms with E-state index in [0.29, 0.717) is 37.8 Å². The Morgan fingerprint density at radius 3 is 1.68 bits per heavy atom. The molecule has 2 aromatic heterocycles. The molecular formula is C36H39N7O7. The van der Waals surface area contributed by atoms with Crippen molar-refractivity contribution >= 4 is 57.3 Å². The van der Waals surface area contributed by atoms with Crippen molar-refractivity contribution in [3.8, 4) is 0 Å². The zero-order valence-electron chi connectivity index (χ0n) is 27.3. The number of hydrogen-bond acceptors (Lipinski definition) is 6. The van der Waals surface area contributed by atoms with Crippen LogP contribution in [-0.2, 0) is 41.6 Å². The molecule has 7 rings (SSSR count). The molecule has 0 spiro atoms. The Hall–Kier alpha value is -5.66. The molecule has 0 radical (unpaired) electrons. The van der Waals surface area contributed by atoms with Gasteiger partial charge in [-0.25, -0.2) is 0 Å². The molecule has 3 aliphatic rings. The third kappa shape index (κ3) is 6.40. The molecule has 2 aromatic carbocycles. The van der Waals surface area contributed by atoms with Crippen LogP contribution in [0.3, 0.4) is 0 Å². The molecule has 50 heavy (non-hydrogen) atoms. The number of carbonyl (C=O) groups is 6. The number of rotatable bonds is 6. The van der Waals surface area contributed by atoms with Gasteiger partial charge in [-0.1, -0.05) is 36.4 Å². The van der Waals surface area contributed by atoms with Crippen LogP contribution >= 0.6 is 0 Å². The van der Waals surface area contributed by atoms with Gasteiger partial charge in [0.15, 0.2) is 0 Å². The molecule has 3 saturated heterocycles. The van der Waals surface area contributed by atoms with E-state index in [9.17, 15) is 33.9 Å². The van der Waals surface area contributed by atoms with Crippen LogP contribution in [0, 0.1) is 0 Å². The van der Waals surface area contributed by atoms with E-state index in [1.54, 1.807) is 12.4 Å². The fraction of sp³-hybridized carbons (Fsp3) is 0.389. The summed E-state index contributed by atoms with van der Waals surface area (Å²) in [5.74, 6) is -4.31. The van der Waals surface area contributed by atoms with E-state index < -0.39 is 72.1 Å². The van der Waals surface area contributed by atoms with Gasteiger partial charge in [-0.05, 0) is 48.9 Å². The molecule has 14 nitrogen and oxygen atoms in total. The number of carboxylic acids is 1. The third-order valence-corrected chi connectivity index (χ3v) is 10.1. The Balaban J connectivity index is 1.28. The SMILES string of the molecule is O=C(O)C[C@H]1NC(=O)[C@@H](Cc2c[nH]c3ccccc23)NC(=O)[C@H](Cc2c[nH]c3ccccc23)NC(=O)[C@H]2CCCN2C(=O)[C@@H]2CCCN2C1=O. The van der Waals surface area contributed by atoms with Crippen LogP contribution in [0.4, 0.5) is 0 Å². The molecule has 0 bridgehead atoms. The van der Waals surface area contributed by atoms with E-state index in [0.717, 1.165) is 27.4 Å². The number of aromatic amines is 2. The summed E-state index contributed by atoms with van der Waals surface area (Å²) < 4.78 is 0. The van der Waals surface area contributed by atoms with Gasteiger partial charge in [0.2, 0.25) is 29.5 Å². The van der Waals surface area contributed by atoms with E-state index in [1.807, 2.05) is 48.5 Å². The highest BCUT2D eigenvalue weighted by atomic mass is 16.4. The van der Waals surface area contributed by atoms with Crippen molar-refractivity contribution in [1.82, 2.24) is 35.7 Å². The minimum Gasteiger partial charge on any atom is -0.481 e. The van der Waals surface area contributed by atoms with Crippen LogP contribution in [0.15, 0.2) is 60.9 Å². The maximum Gasteiger partial charge on any atom is 0.305 e. The van der Waals surface area contributed by atoms with Crippen LogP contribution in [0.5, 0.6) is 0 Å². The lowest BCUT2D eigenvalue weighted by Crippen LogP contribution is -2.58. The van der Waals surface area contributed by atoms with Crippen LogP contribution < -0.4 is 16.0 Å². The second kappa shape index (κ2) is 13.7. The maximum absolute atomic E-state index is 14.3. The second-order valence-corrected chi connectivity index (χ2v) is 13.3. The van der Waals surface area contributed by atoms with Gasteiger partial charge in [0.05, 0.1) is 6.42 Å². The number of hydrogen-bond donors (Lipinski definition) is 6. The number of carboxylic acid groups (broad SMARTS) is 1. The molecule has 3 fully saturated rings. The Labute approximate surface area is 286 Å². The summed E-state index contributed by atoms with van der Waals surface area (Å²) in [4.78, 5) is 91.4. The number of carbonyl (C=O) groups excluding carboxylic acids is 5. The van der Waals surface area contributed by atoms with Crippen LogP contribution in [0.1, 0.15) is 43.2 Å². The number of aliphatic carboxylic acids is 1. The van der Waals surface area contributed by atoms with Crippen molar-refractivity contribution in [1.29, 1.82) is 0 Å². The molecule has 260 valence electrons. The van der Waals surface area contributed by atoms with E-state index in [1.165, 1.54) is 9.80 Å². The Kier molecular flexibility index (Phi) is 9.00. The molecule has 5 heterocycles. The zero-order valence-corrected chi connectivity index (χ0v) is 27.3. The highest BCUT2D eigenvalue weighted by Crippen LogP contribution is 2.27. The number of para-hydroxylation sites is 2. The molecule has 0 saturated carbocycles. The van der Waals surface area contributed by atoms with Gasteiger partial charge < -0.3 is 40.8 Å². The van der Waals surface area contributed by atoms with Crippen molar-refractivity contribution in [2.75, 3.05) is 13.1 Å². The van der Waals surface area contributed by atoms with Crippen LogP contribution in [0.25, 0.3) is 21.8 Å². The Morgan fingerprint density at radius 1 is 0.640 bits per heavy atom. The summed E-state index contributed by atoms with van der Waals surface area (Å²) in [6.07, 6.45) is 4.68. The number of nitrogens with zero attached hydrogens (tertiary/aromatic N) is 2. The Bertz CT molecular complexity index is 1980. The van der Waals surface area contributed by atoms with Gasteiger partial charge in [-0.15, -0.1) is 0 Å². The monoisotopic (exact) mass is 681 g/mol. The van der Waals surface area contributed by atoms with E-state index in [4.69, 9.17) is 0 Å².